The molecule has 1 aromatic carbocycles. The standard InChI is InChI=1S/C13H13ClN2/c1-2-16(11-6-4-3-5-7-11)12-8-9-13(14)15-10-12/h3-10H,2H2,1H3. The van der Waals surface area contributed by atoms with Crippen molar-refractivity contribution in [2.75, 3.05) is 11.4 Å². The van der Waals surface area contributed by atoms with E-state index in [1.165, 1.54) is 0 Å². The zero-order chi connectivity index (χ0) is 11.4. The molecule has 2 rings (SSSR count). The quantitative estimate of drug-likeness (QED) is 0.747. The molecule has 1 aromatic heterocycles. The minimum atomic E-state index is 0.521. The Labute approximate surface area is 101 Å². The van der Waals surface area contributed by atoms with E-state index in [0.29, 0.717) is 5.15 Å². The molecule has 0 bridgehead atoms. The second-order valence-electron chi connectivity index (χ2n) is 3.42. The zero-order valence-electron chi connectivity index (χ0n) is 9.10. The number of aromatic nitrogens is 1. The molecule has 0 aliphatic rings. The van der Waals surface area contributed by atoms with Gasteiger partial charge in [0.25, 0.3) is 0 Å². The van der Waals surface area contributed by atoms with Gasteiger partial charge >= 0.3 is 0 Å². The Kier molecular flexibility index (Phi) is 3.42. The number of rotatable bonds is 3. The van der Waals surface area contributed by atoms with Gasteiger partial charge in [0.05, 0.1) is 11.9 Å². The van der Waals surface area contributed by atoms with E-state index in [2.05, 4.69) is 28.9 Å². The van der Waals surface area contributed by atoms with Crippen LogP contribution >= 0.6 is 11.6 Å². The number of benzene rings is 1. The van der Waals surface area contributed by atoms with Crippen LogP contribution in [0.25, 0.3) is 0 Å². The maximum Gasteiger partial charge on any atom is 0.129 e. The predicted molar refractivity (Wildman–Crippen MR) is 68.4 cm³/mol. The molecule has 3 heteroatoms. The van der Waals surface area contributed by atoms with Crippen molar-refractivity contribution in [2.24, 2.45) is 0 Å². The van der Waals surface area contributed by atoms with Crippen LogP contribution in [-0.2, 0) is 0 Å². The van der Waals surface area contributed by atoms with Gasteiger partial charge in [-0.1, -0.05) is 29.8 Å². The SMILES string of the molecule is CCN(c1ccccc1)c1ccc(Cl)nc1. The maximum atomic E-state index is 5.78. The largest absolute Gasteiger partial charge is 0.341 e. The summed E-state index contributed by atoms with van der Waals surface area (Å²) >= 11 is 5.78. The van der Waals surface area contributed by atoms with Gasteiger partial charge in [-0.15, -0.1) is 0 Å². The van der Waals surface area contributed by atoms with E-state index in [-0.39, 0.29) is 0 Å². The molecule has 0 spiro atoms. The summed E-state index contributed by atoms with van der Waals surface area (Å²) in [6, 6.07) is 14.0. The third-order valence-corrected chi connectivity index (χ3v) is 2.63. The molecule has 0 aliphatic heterocycles. The highest BCUT2D eigenvalue weighted by atomic mass is 35.5. The number of halogens is 1. The summed E-state index contributed by atoms with van der Waals surface area (Å²) in [5.41, 5.74) is 2.22. The summed E-state index contributed by atoms with van der Waals surface area (Å²) in [6.45, 7) is 3.01. The normalized spacial score (nSPS) is 10.1. The molecule has 0 amide bonds. The first-order valence-electron chi connectivity index (χ1n) is 5.25. The van der Waals surface area contributed by atoms with Gasteiger partial charge in [-0.25, -0.2) is 4.98 Å². The van der Waals surface area contributed by atoms with Crippen LogP contribution in [0.3, 0.4) is 0 Å². The molecule has 0 N–H and O–H groups in total. The van der Waals surface area contributed by atoms with Gasteiger partial charge in [0.1, 0.15) is 5.15 Å². The number of hydrogen-bond donors (Lipinski definition) is 0. The van der Waals surface area contributed by atoms with Crippen molar-refractivity contribution in [2.45, 2.75) is 6.92 Å². The van der Waals surface area contributed by atoms with E-state index in [0.717, 1.165) is 17.9 Å². The van der Waals surface area contributed by atoms with Crippen molar-refractivity contribution in [3.05, 3.63) is 53.8 Å². The molecular formula is C13H13ClN2. The molecular weight excluding hydrogens is 220 g/mol. The second-order valence-corrected chi connectivity index (χ2v) is 3.81. The monoisotopic (exact) mass is 232 g/mol. The fourth-order valence-electron chi connectivity index (χ4n) is 1.65. The molecule has 16 heavy (non-hydrogen) atoms. The summed E-state index contributed by atoms with van der Waals surface area (Å²) in [6.07, 6.45) is 1.79. The van der Waals surface area contributed by atoms with Gasteiger partial charge in [-0.3, -0.25) is 0 Å². The lowest BCUT2D eigenvalue weighted by atomic mass is 10.2. The van der Waals surface area contributed by atoms with Gasteiger partial charge in [0.2, 0.25) is 0 Å². The Balaban J connectivity index is 2.33. The van der Waals surface area contributed by atoms with Crippen LogP contribution in [-0.4, -0.2) is 11.5 Å². The second kappa shape index (κ2) is 4.99. The van der Waals surface area contributed by atoms with Crippen LogP contribution in [0.15, 0.2) is 48.7 Å². The Bertz CT molecular complexity index is 439. The van der Waals surface area contributed by atoms with Crippen molar-refractivity contribution >= 4 is 23.0 Å². The summed E-state index contributed by atoms with van der Waals surface area (Å²) in [5, 5.41) is 0.521. The number of pyridine rings is 1. The number of nitrogens with zero attached hydrogens (tertiary/aromatic N) is 2. The first-order valence-corrected chi connectivity index (χ1v) is 5.63. The van der Waals surface area contributed by atoms with E-state index in [9.17, 15) is 0 Å². The Morgan fingerprint density at radius 3 is 2.38 bits per heavy atom. The van der Waals surface area contributed by atoms with Crippen molar-refractivity contribution in [3.63, 3.8) is 0 Å². The van der Waals surface area contributed by atoms with Gasteiger partial charge < -0.3 is 4.90 Å². The lowest BCUT2D eigenvalue weighted by Gasteiger charge is -2.22. The zero-order valence-corrected chi connectivity index (χ0v) is 9.85. The summed E-state index contributed by atoms with van der Waals surface area (Å²) in [5.74, 6) is 0. The first kappa shape index (κ1) is 11.0. The van der Waals surface area contributed by atoms with Crippen LogP contribution in [0.5, 0.6) is 0 Å². The maximum absolute atomic E-state index is 5.78. The van der Waals surface area contributed by atoms with Gasteiger partial charge in [0, 0.05) is 12.2 Å². The molecule has 2 nitrogen and oxygen atoms in total. The molecule has 0 fully saturated rings. The minimum absolute atomic E-state index is 0.521. The third-order valence-electron chi connectivity index (χ3n) is 2.41. The molecule has 1 heterocycles. The molecule has 0 unspecified atom stereocenters. The fraction of sp³-hybridized carbons (Fsp3) is 0.154. The van der Waals surface area contributed by atoms with Crippen LogP contribution in [0.1, 0.15) is 6.92 Å². The summed E-state index contributed by atoms with van der Waals surface area (Å²) < 4.78 is 0. The highest BCUT2D eigenvalue weighted by molar-refractivity contribution is 6.29. The Morgan fingerprint density at radius 1 is 1.06 bits per heavy atom. The highest BCUT2D eigenvalue weighted by Crippen LogP contribution is 2.24. The highest BCUT2D eigenvalue weighted by Gasteiger charge is 2.06. The molecule has 0 saturated carbocycles. The lowest BCUT2D eigenvalue weighted by Crippen LogP contribution is -2.15. The Hall–Kier alpha value is -1.54. The van der Waals surface area contributed by atoms with E-state index in [1.807, 2.05) is 30.3 Å². The summed E-state index contributed by atoms with van der Waals surface area (Å²) in [7, 11) is 0. The molecule has 0 aliphatic carbocycles. The molecule has 0 radical (unpaired) electrons. The number of hydrogen-bond acceptors (Lipinski definition) is 2. The molecule has 2 aromatic rings. The topological polar surface area (TPSA) is 16.1 Å². The van der Waals surface area contributed by atoms with Crippen molar-refractivity contribution in [1.82, 2.24) is 4.98 Å². The van der Waals surface area contributed by atoms with Crippen LogP contribution in [0, 0.1) is 0 Å². The van der Waals surface area contributed by atoms with Gasteiger partial charge in [0.15, 0.2) is 0 Å². The van der Waals surface area contributed by atoms with Gasteiger partial charge in [-0.05, 0) is 31.2 Å². The average molecular weight is 233 g/mol. The van der Waals surface area contributed by atoms with E-state index in [4.69, 9.17) is 11.6 Å². The third kappa shape index (κ3) is 2.34. The van der Waals surface area contributed by atoms with E-state index < -0.39 is 0 Å². The van der Waals surface area contributed by atoms with Gasteiger partial charge in [-0.2, -0.15) is 0 Å². The van der Waals surface area contributed by atoms with E-state index in [1.54, 1.807) is 6.20 Å². The Morgan fingerprint density at radius 2 is 1.81 bits per heavy atom. The predicted octanol–water partition coefficient (Wildman–Crippen LogP) is 3.89. The minimum Gasteiger partial charge on any atom is -0.341 e. The van der Waals surface area contributed by atoms with Crippen molar-refractivity contribution in [1.29, 1.82) is 0 Å². The van der Waals surface area contributed by atoms with Crippen LogP contribution in [0.2, 0.25) is 5.15 Å². The number of anilines is 2. The van der Waals surface area contributed by atoms with Crippen molar-refractivity contribution in [3.8, 4) is 0 Å². The lowest BCUT2D eigenvalue weighted by molar-refractivity contribution is 1.02. The smallest absolute Gasteiger partial charge is 0.129 e. The number of para-hydroxylation sites is 1. The van der Waals surface area contributed by atoms with E-state index >= 15 is 0 Å². The summed E-state index contributed by atoms with van der Waals surface area (Å²) in [4.78, 5) is 6.28. The molecule has 82 valence electrons. The first-order chi connectivity index (χ1) is 7.81. The molecule has 0 atom stereocenters. The average Bonchev–Trinajstić information content (AvgIpc) is 2.34. The fourth-order valence-corrected chi connectivity index (χ4v) is 1.76. The van der Waals surface area contributed by atoms with Crippen molar-refractivity contribution < 1.29 is 0 Å². The van der Waals surface area contributed by atoms with Crippen LogP contribution < -0.4 is 4.90 Å². The molecule has 0 saturated heterocycles. The van der Waals surface area contributed by atoms with Crippen LogP contribution in [0.4, 0.5) is 11.4 Å².